The predicted molar refractivity (Wildman–Crippen MR) is 81.0 cm³/mol. The molecule has 1 aromatic rings. The molecule has 1 aromatic carbocycles. The normalized spacial score (nSPS) is 11.8. The number of nitrogens with one attached hydrogen (secondary N) is 1. The molecule has 0 radical (unpaired) electrons. The van der Waals surface area contributed by atoms with Crippen LogP contribution in [0, 0.1) is 5.41 Å². The first-order valence-corrected chi connectivity index (χ1v) is 7.37. The number of aliphatic hydroxyl groups is 1. The van der Waals surface area contributed by atoms with Crippen molar-refractivity contribution in [1.29, 1.82) is 0 Å². The van der Waals surface area contributed by atoms with Crippen LogP contribution >= 0.6 is 27.5 Å². The van der Waals surface area contributed by atoms with Crippen LogP contribution in [-0.4, -0.2) is 18.3 Å². The third-order valence-corrected chi connectivity index (χ3v) is 3.95. The summed E-state index contributed by atoms with van der Waals surface area (Å²) in [5.41, 5.74) is 1.37. The Labute approximate surface area is 123 Å². The van der Waals surface area contributed by atoms with Gasteiger partial charge in [-0.2, -0.15) is 0 Å². The zero-order valence-corrected chi connectivity index (χ0v) is 13.3. The first-order valence-electron chi connectivity index (χ1n) is 6.20. The number of rotatable bonds is 7. The summed E-state index contributed by atoms with van der Waals surface area (Å²) >= 11 is 9.50. The Morgan fingerprint density at radius 2 is 2.11 bits per heavy atom. The third kappa shape index (κ3) is 5.70. The smallest absolute Gasteiger partial charge is 0.0431 e. The van der Waals surface area contributed by atoms with Crippen molar-refractivity contribution in [3.8, 4) is 0 Å². The Morgan fingerprint density at radius 1 is 1.39 bits per heavy atom. The molecule has 0 aliphatic rings. The maximum absolute atomic E-state index is 8.86. The highest BCUT2D eigenvalue weighted by atomic mass is 79.9. The maximum Gasteiger partial charge on any atom is 0.0431 e. The molecule has 2 N–H and O–H groups in total. The summed E-state index contributed by atoms with van der Waals surface area (Å²) in [4.78, 5) is 0. The highest BCUT2D eigenvalue weighted by Gasteiger charge is 2.16. The van der Waals surface area contributed by atoms with Gasteiger partial charge in [0.25, 0.3) is 0 Å². The standard InChI is InChI=1S/C14H21BrClNO/c1-14(2,6-3-7-18)10-17-9-11-8-12(16)4-5-13(11)15/h4-5,8,17-18H,3,6-7,9-10H2,1-2H3. The van der Waals surface area contributed by atoms with Gasteiger partial charge in [0.1, 0.15) is 0 Å². The molecule has 0 saturated carbocycles. The van der Waals surface area contributed by atoms with Crippen LogP contribution in [0.5, 0.6) is 0 Å². The third-order valence-electron chi connectivity index (χ3n) is 2.94. The Balaban J connectivity index is 2.43. The number of halogens is 2. The van der Waals surface area contributed by atoms with Crippen LogP contribution < -0.4 is 5.32 Å². The van der Waals surface area contributed by atoms with Gasteiger partial charge in [0, 0.05) is 29.2 Å². The summed E-state index contributed by atoms with van der Waals surface area (Å²) in [6.45, 7) is 6.41. The minimum atomic E-state index is 0.202. The fourth-order valence-corrected chi connectivity index (χ4v) is 2.44. The SMILES string of the molecule is CC(C)(CCCO)CNCc1cc(Cl)ccc1Br. The summed E-state index contributed by atoms with van der Waals surface area (Å²) in [5, 5.41) is 13.1. The van der Waals surface area contributed by atoms with Gasteiger partial charge in [-0.15, -0.1) is 0 Å². The van der Waals surface area contributed by atoms with Crippen molar-refractivity contribution in [2.24, 2.45) is 5.41 Å². The molecule has 4 heteroatoms. The van der Waals surface area contributed by atoms with E-state index in [1.807, 2.05) is 18.2 Å². The van der Waals surface area contributed by atoms with Gasteiger partial charge >= 0.3 is 0 Å². The van der Waals surface area contributed by atoms with Crippen LogP contribution in [0.2, 0.25) is 5.02 Å². The van der Waals surface area contributed by atoms with E-state index in [0.29, 0.717) is 0 Å². The second-order valence-electron chi connectivity index (χ2n) is 5.33. The van der Waals surface area contributed by atoms with E-state index in [2.05, 4.69) is 35.1 Å². The topological polar surface area (TPSA) is 32.3 Å². The molecule has 0 bridgehead atoms. The van der Waals surface area contributed by atoms with Crippen LogP contribution in [0.15, 0.2) is 22.7 Å². The van der Waals surface area contributed by atoms with Crippen LogP contribution in [0.25, 0.3) is 0 Å². The molecule has 0 aromatic heterocycles. The van der Waals surface area contributed by atoms with Gasteiger partial charge in [-0.1, -0.05) is 41.4 Å². The van der Waals surface area contributed by atoms with E-state index in [9.17, 15) is 0 Å². The molecule has 102 valence electrons. The largest absolute Gasteiger partial charge is 0.396 e. The lowest BCUT2D eigenvalue weighted by Crippen LogP contribution is -2.29. The first kappa shape index (κ1) is 16.0. The van der Waals surface area contributed by atoms with Gasteiger partial charge in [-0.3, -0.25) is 0 Å². The summed E-state index contributed by atoms with van der Waals surface area (Å²) in [6, 6.07) is 5.82. The summed E-state index contributed by atoms with van der Waals surface area (Å²) in [6.07, 6.45) is 1.88. The Hall–Kier alpha value is -0.0900. The molecule has 0 aliphatic carbocycles. The predicted octanol–water partition coefficient (Wildman–Crippen LogP) is 3.99. The van der Waals surface area contributed by atoms with E-state index in [1.165, 1.54) is 5.56 Å². The van der Waals surface area contributed by atoms with E-state index in [0.717, 1.165) is 35.4 Å². The highest BCUT2D eigenvalue weighted by molar-refractivity contribution is 9.10. The van der Waals surface area contributed by atoms with Crippen molar-refractivity contribution in [3.63, 3.8) is 0 Å². The molecule has 0 spiro atoms. The van der Waals surface area contributed by atoms with E-state index in [4.69, 9.17) is 16.7 Å². The molecular formula is C14H21BrClNO. The minimum Gasteiger partial charge on any atom is -0.396 e. The van der Waals surface area contributed by atoms with Crippen molar-refractivity contribution in [3.05, 3.63) is 33.3 Å². The lowest BCUT2D eigenvalue weighted by molar-refractivity contribution is 0.236. The second-order valence-corrected chi connectivity index (χ2v) is 6.62. The lowest BCUT2D eigenvalue weighted by atomic mass is 9.88. The fraction of sp³-hybridized carbons (Fsp3) is 0.571. The molecule has 0 saturated heterocycles. The maximum atomic E-state index is 8.86. The monoisotopic (exact) mass is 333 g/mol. The van der Waals surface area contributed by atoms with Gasteiger partial charge in [-0.05, 0) is 42.0 Å². The number of hydrogen-bond donors (Lipinski definition) is 2. The average Bonchev–Trinajstić information content (AvgIpc) is 2.31. The Kier molecular flexibility index (Phi) is 6.64. The molecule has 0 fully saturated rings. The number of hydrogen-bond acceptors (Lipinski definition) is 2. The van der Waals surface area contributed by atoms with Crippen LogP contribution in [0.4, 0.5) is 0 Å². The quantitative estimate of drug-likeness (QED) is 0.790. The molecule has 0 atom stereocenters. The molecule has 2 nitrogen and oxygen atoms in total. The summed E-state index contributed by atoms with van der Waals surface area (Å²) < 4.78 is 1.08. The lowest BCUT2D eigenvalue weighted by Gasteiger charge is -2.25. The van der Waals surface area contributed by atoms with Crippen molar-refractivity contribution in [2.75, 3.05) is 13.2 Å². The van der Waals surface area contributed by atoms with Gasteiger partial charge in [0.15, 0.2) is 0 Å². The Bertz CT molecular complexity index is 382. The van der Waals surface area contributed by atoms with E-state index in [1.54, 1.807) is 0 Å². The van der Waals surface area contributed by atoms with Crippen molar-refractivity contribution >= 4 is 27.5 Å². The highest BCUT2D eigenvalue weighted by Crippen LogP contribution is 2.23. The van der Waals surface area contributed by atoms with Gasteiger partial charge in [0.2, 0.25) is 0 Å². The summed E-state index contributed by atoms with van der Waals surface area (Å²) in [5.74, 6) is 0. The van der Waals surface area contributed by atoms with Crippen LogP contribution in [-0.2, 0) is 6.54 Å². The van der Waals surface area contributed by atoms with E-state index in [-0.39, 0.29) is 12.0 Å². The van der Waals surface area contributed by atoms with E-state index >= 15 is 0 Å². The summed E-state index contributed by atoms with van der Waals surface area (Å²) in [7, 11) is 0. The fourth-order valence-electron chi connectivity index (χ4n) is 1.86. The van der Waals surface area contributed by atoms with Crippen molar-refractivity contribution in [2.45, 2.75) is 33.2 Å². The molecule has 1 rings (SSSR count). The van der Waals surface area contributed by atoms with Gasteiger partial charge in [-0.25, -0.2) is 0 Å². The first-order chi connectivity index (χ1) is 8.44. The molecule has 0 amide bonds. The van der Waals surface area contributed by atoms with Gasteiger partial charge < -0.3 is 10.4 Å². The van der Waals surface area contributed by atoms with Crippen LogP contribution in [0.1, 0.15) is 32.3 Å². The molecule has 0 aliphatic heterocycles. The van der Waals surface area contributed by atoms with Crippen LogP contribution in [0.3, 0.4) is 0 Å². The molecule has 0 heterocycles. The van der Waals surface area contributed by atoms with Gasteiger partial charge in [0.05, 0.1) is 0 Å². The second kappa shape index (κ2) is 7.49. The van der Waals surface area contributed by atoms with E-state index < -0.39 is 0 Å². The molecule has 0 unspecified atom stereocenters. The Morgan fingerprint density at radius 3 is 2.78 bits per heavy atom. The minimum absolute atomic E-state index is 0.202. The molecule has 18 heavy (non-hydrogen) atoms. The van der Waals surface area contributed by atoms with Crippen molar-refractivity contribution < 1.29 is 5.11 Å². The number of benzene rings is 1. The zero-order chi connectivity index (χ0) is 13.6. The average molecular weight is 335 g/mol. The zero-order valence-electron chi connectivity index (χ0n) is 11.0. The van der Waals surface area contributed by atoms with Crippen molar-refractivity contribution in [1.82, 2.24) is 5.32 Å². The number of aliphatic hydroxyl groups excluding tert-OH is 1. The molecular weight excluding hydrogens is 314 g/mol.